The van der Waals surface area contributed by atoms with Gasteiger partial charge in [0.15, 0.2) is 17.1 Å². The maximum atomic E-state index is 14.0. The third-order valence-corrected chi connectivity index (χ3v) is 6.67. The molecule has 9 nitrogen and oxygen atoms in total. The van der Waals surface area contributed by atoms with Gasteiger partial charge in [0.1, 0.15) is 29.1 Å². The molecule has 1 aromatic heterocycles. The Kier molecular flexibility index (Phi) is 8.68. The maximum Gasteiger partial charge on any atom is 0.275 e. The summed E-state index contributed by atoms with van der Waals surface area (Å²) in [5, 5.41) is 10.8. The molecule has 2 aromatic carbocycles. The lowest BCUT2D eigenvalue weighted by Crippen LogP contribution is -2.44. The first-order valence-electron chi connectivity index (χ1n) is 12.8. The fraction of sp³-hybridized carbons (Fsp3) is 0.393. The van der Waals surface area contributed by atoms with Crippen LogP contribution in [0.2, 0.25) is 0 Å². The van der Waals surface area contributed by atoms with Crippen molar-refractivity contribution in [3.05, 3.63) is 69.8 Å². The molecule has 1 N–H and O–H groups in total. The van der Waals surface area contributed by atoms with Crippen molar-refractivity contribution in [2.45, 2.75) is 45.1 Å². The number of rotatable bonds is 9. The lowest BCUT2D eigenvalue weighted by molar-refractivity contribution is 0.0581. The number of carbonyl (C=O) groups excluding carboxylic acids is 1. The molecule has 4 rings (SSSR count). The summed E-state index contributed by atoms with van der Waals surface area (Å²) in [6.45, 7) is 2.34. The van der Waals surface area contributed by atoms with Crippen LogP contribution in [0.3, 0.4) is 0 Å². The monoisotopic (exact) mass is 543 g/mol. The maximum absolute atomic E-state index is 14.0. The number of aromatic nitrogens is 2. The minimum Gasteiger partial charge on any atom is -0.494 e. The van der Waals surface area contributed by atoms with Gasteiger partial charge in [-0.2, -0.15) is 9.37 Å². The van der Waals surface area contributed by atoms with Crippen LogP contribution in [0.25, 0.3) is 5.69 Å². The van der Waals surface area contributed by atoms with Crippen molar-refractivity contribution in [2.75, 3.05) is 27.3 Å². The van der Waals surface area contributed by atoms with Crippen LogP contribution in [0.1, 0.15) is 48.8 Å². The number of unbranched alkanes of at least 4 members (excludes halogenated alkanes) is 1. The fourth-order valence-electron chi connectivity index (χ4n) is 4.61. The van der Waals surface area contributed by atoms with Gasteiger partial charge in [-0.25, -0.2) is 4.39 Å². The Balaban J connectivity index is 1.66. The van der Waals surface area contributed by atoms with Crippen LogP contribution in [0.4, 0.5) is 8.78 Å². The number of hydrogen-bond donors (Lipinski definition) is 1. The first-order valence-corrected chi connectivity index (χ1v) is 12.8. The molecule has 1 aliphatic heterocycles. The topological polar surface area (TPSA) is 103 Å². The minimum absolute atomic E-state index is 0.175. The van der Waals surface area contributed by atoms with E-state index in [1.54, 1.807) is 18.2 Å². The minimum atomic E-state index is -1.07. The molecule has 1 amide bonds. The summed E-state index contributed by atoms with van der Waals surface area (Å²) >= 11 is 0. The van der Waals surface area contributed by atoms with Crippen LogP contribution in [0.15, 0.2) is 41.2 Å². The molecule has 0 bridgehead atoms. The summed E-state index contributed by atoms with van der Waals surface area (Å²) in [7, 11) is 2.91. The van der Waals surface area contributed by atoms with Crippen molar-refractivity contribution in [3.8, 4) is 28.8 Å². The van der Waals surface area contributed by atoms with Gasteiger partial charge in [0, 0.05) is 32.4 Å². The zero-order valence-corrected chi connectivity index (χ0v) is 22.1. The summed E-state index contributed by atoms with van der Waals surface area (Å²) in [4.78, 5) is 33.1. The van der Waals surface area contributed by atoms with Crippen LogP contribution < -0.4 is 19.8 Å². The van der Waals surface area contributed by atoms with E-state index in [2.05, 4.69) is 4.98 Å². The second-order valence-corrected chi connectivity index (χ2v) is 9.14. The number of piperidine rings is 1. The Labute approximate surface area is 224 Å². The largest absolute Gasteiger partial charge is 0.494 e. The van der Waals surface area contributed by atoms with Gasteiger partial charge >= 0.3 is 0 Å². The Morgan fingerprint density at radius 3 is 2.28 bits per heavy atom. The second-order valence-electron chi connectivity index (χ2n) is 9.14. The van der Waals surface area contributed by atoms with Crippen LogP contribution in [0.5, 0.6) is 23.1 Å². The van der Waals surface area contributed by atoms with Crippen molar-refractivity contribution in [1.29, 1.82) is 0 Å². The summed E-state index contributed by atoms with van der Waals surface area (Å²) in [5.41, 5.74) is -0.940. The highest BCUT2D eigenvalue weighted by Crippen LogP contribution is 2.33. The molecule has 0 unspecified atom stereocenters. The quantitative estimate of drug-likeness (QED) is 0.430. The summed E-state index contributed by atoms with van der Waals surface area (Å²) in [5.74, 6) is -2.67. The van der Waals surface area contributed by atoms with E-state index in [4.69, 9.17) is 14.2 Å². The number of para-hydroxylation sites is 1. The normalized spacial score (nSPS) is 13.8. The van der Waals surface area contributed by atoms with Gasteiger partial charge in [-0.3, -0.25) is 14.2 Å². The third kappa shape index (κ3) is 5.67. The molecule has 3 aromatic rings. The number of nitrogens with zero attached hydrogens (tertiary/aromatic N) is 3. The molecular formula is C28H31F2N3O6. The molecule has 208 valence electrons. The van der Waals surface area contributed by atoms with E-state index < -0.39 is 40.6 Å². The van der Waals surface area contributed by atoms with Crippen LogP contribution in [-0.2, 0) is 6.42 Å². The molecule has 0 saturated carbocycles. The average molecular weight is 544 g/mol. The van der Waals surface area contributed by atoms with Crippen molar-refractivity contribution >= 4 is 5.91 Å². The van der Waals surface area contributed by atoms with E-state index >= 15 is 0 Å². The van der Waals surface area contributed by atoms with Gasteiger partial charge < -0.3 is 24.2 Å². The molecule has 0 aliphatic carbocycles. The predicted octanol–water partition coefficient (Wildman–Crippen LogP) is 4.26. The number of aromatic hydroxyl groups is 1. The van der Waals surface area contributed by atoms with Gasteiger partial charge in [0.2, 0.25) is 11.7 Å². The van der Waals surface area contributed by atoms with E-state index in [0.29, 0.717) is 37.2 Å². The number of ether oxygens (including phenoxy) is 3. The smallest absolute Gasteiger partial charge is 0.275 e. The SMILES string of the molecule is CCCCc1nc(O)c(C(=O)N2CCC(Oc3cccc(F)c3F)CC2)c(=O)n1-c1c(OC)cccc1OC. The van der Waals surface area contributed by atoms with Gasteiger partial charge in [0.05, 0.1) is 14.2 Å². The first-order chi connectivity index (χ1) is 18.8. The van der Waals surface area contributed by atoms with Crippen molar-refractivity contribution < 1.29 is 32.9 Å². The molecular weight excluding hydrogens is 512 g/mol. The third-order valence-electron chi connectivity index (χ3n) is 6.67. The van der Waals surface area contributed by atoms with E-state index in [-0.39, 0.29) is 30.4 Å². The number of halogens is 2. The van der Waals surface area contributed by atoms with Crippen molar-refractivity contribution in [3.63, 3.8) is 0 Å². The van der Waals surface area contributed by atoms with Crippen molar-refractivity contribution in [1.82, 2.24) is 14.5 Å². The van der Waals surface area contributed by atoms with Gasteiger partial charge in [0.25, 0.3) is 11.5 Å². The molecule has 0 spiro atoms. The van der Waals surface area contributed by atoms with Crippen molar-refractivity contribution in [2.24, 2.45) is 0 Å². The lowest BCUT2D eigenvalue weighted by Gasteiger charge is -2.32. The zero-order valence-electron chi connectivity index (χ0n) is 22.1. The molecule has 0 radical (unpaired) electrons. The predicted molar refractivity (Wildman–Crippen MR) is 139 cm³/mol. The number of methoxy groups -OCH3 is 2. The fourth-order valence-corrected chi connectivity index (χ4v) is 4.61. The molecule has 1 saturated heterocycles. The first kappa shape index (κ1) is 27.9. The van der Waals surface area contributed by atoms with Gasteiger partial charge in [-0.05, 0) is 30.7 Å². The number of carbonyl (C=O) groups is 1. The van der Waals surface area contributed by atoms with E-state index in [0.717, 1.165) is 12.5 Å². The number of amides is 1. The molecule has 2 heterocycles. The summed E-state index contributed by atoms with van der Waals surface area (Å²) in [6.07, 6.45) is 2.06. The highest BCUT2D eigenvalue weighted by Gasteiger charge is 2.32. The average Bonchev–Trinajstić information content (AvgIpc) is 2.94. The van der Waals surface area contributed by atoms with Gasteiger partial charge in [-0.1, -0.05) is 25.5 Å². The molecule has 1 fully saturated rings. The molecule has 39 heavy (non-hydrogen) atoms. The van der Waals surface area contributed by atoms with Crippen LogP contribution >= 0.6 is 0 Å². The lowest BCUT2D eigenvalue weighted by atomic mass is 10.1. The summed E-state index contributed by atoms with van der Waals surface area (Å²) in [6, 6.07) is 8.73. The Morgan fingerprint density at radius 2 is 1.67 bits per heavy atom. The Bertz CT molecular complexity index is 1380. The zero-order chi connectivity index (χ0) is 28.1. The molecule has 0 atom stereocenters. The van der Waals surface area contributed by atoms with E-state index in [1.807, 2.05) is 6.92 Å². The standard InChI is InChI=1S/C28H31F2N3O6/c1-4-5-12-22-31-26(34)23(28(36)33(22)25-20(37-2)10-7-11-21(25)38-3)27(35)32-15-13-17(14-16-32)39-19-9-6-8-18(29)24(19)30/h6-11,17,34H,4-5,12-16H2,1-3H3. The number of benzene rings is 2. The number of likely N-dealkylation sites (tertiary alicyclic amines) is 1. The van der Waals surface area contributed by atoms with Crippen LogP contribution in [0, 0.1) is 11.6 Å². The van der Waals surface area contributed by atoms with Crippen LogP contribution in [-0.4, -0.2) is 58.9 Å². The molecule has 1 aliphatic rings. The molecule has 11 heteroatoms. The highest BCUT2D eigenvalue weighted by molar-refractivity contribution is 5.96. The number of aryl methyl sites for hydroxylation is 1. The summed E-state index contributed by atoms with van der Waals surface area (Å²) < 4.78 is 45.4. The highest BCUT2D eigenvalue weighted by atomic mass is 19.2. The second kappa shape index (κ2) is 12.1. The number of hydrogen-bond acceptors (Lipinski definition) is 7. The van der Waals surface area contributed by atoms with E-state index in [9.17, 15) is 23.5 Å². The van der Waals surface area contributed by atoms with Gasteiger partial charge in [-0.15, -0.1) is 0 Å². The Hall–Kier alpha value is -4.15. The Morgan fingerprint density at radius 1 is 1.05 bits per heavy atom. The van der Waals surface area contributed by atoms with E-state index in [1.165, 1.54) is 35.8 Å².